The molecule has 7 nitrogen and oxygen atoms in total. The molecule has 0 aliphatic heterocycles. The van der Waals surface area contributed by atoms with Crippen LogP contribution in [0.1, 0.15) is 22.5 Å². The van der Waals surface area contributed by atoms with Gasteiger partial charge in [0.15, 0.2) is 11.6 Å². The Bertz CT molecular complexity index is 628. The topological polar surface area (TPSA) is 106 Å². The molecule has 0 saturated heterocycles. The van der Waals surface area contributed by atoms with Crippen LogP contribution in [0.2, 0.25) is 0 Å². The second kappa shape index (κ2) is 6.99. The first kappa shape index (κ1) is 14.4. The zero-order valence-electron chi connectivity index (χ0n) is 11.2. The highest BCUT2D eigenvalue weighted by atomic mass is 16.1. The maximum Gasteiger partial charge on any atom is 0.170 e. The van der Waals surface area contributed by atoms with Crippen molar-refractivity contribution < 1.29 is 4.79 Å². The lowest BCUT2D eigenvalue weighted by atomic mass is 10.1. The number of Topliss-reactive ketones (excluding diaryl/α,β-unsaturated/α-hetero) is 1. The number of carbonyl (C=O) groups is 1. The van der Waals surface area contributed by atoms with Crippen LogP contribution in [0.15, 0.2) is 54.1 Å². The minimum Gasteiger partial charge on any atom is -0.294 e. The Morgan fingerprint density at radius 2 is 2.00 bits per heavy atom. The second-order valence-electron chi connectivity index (χ2n) is 4.20. The van der Waals surface area contributed by atoms with Gasteiger partial charge in [0.25, 0.3) is 0 Å². The number of hydrogen-bond donors (Lipinski definition) is 2. The van der Waals surface area contributed by atoms with Crippen molar-refractivity contribution >= 4 is 11.6 Å². The highest BCUT2D eigenvalue weighted by molar-refractivity contribution is 5.97. The molecule has 0 spiro atoms. The summed E-state index contributed by atoms with van der Waals surface area (Å²) in [5.74, 6) is -0.116. The van der Waals surface area contributed by atoms with Gasteiger partial charge in [0.05, 0.1) is 12.7 Å². The van der Waals surface area contributed by atoms with E-state index >= 15 is 0 Å². The number of carbonyl (C=O) groups excluding carboxylic acids is 1. The lowest BCUT2D eigenvalue weighted by molar-refractivity contribution is 0.0974. The third kappa shape index (κ3) is 3.75. The maximum absolute atomic E-state index is 12.0. The molecule has 0 radical (unpaired) electrons. The van der Waals surface area contributed by atoms with Crippen LogP contribution in [0.3, 0.4) is 0 Å². The molecular formula is C14H14N6O. The number of hydrogen-bond acceptors (Lipinski definition) is 6. The molecule has 2 N–H and O–H groups in total. The summed E-state index contributed by atoms with van der Waals surface area (Å²) in [4.78, 5) is 19.8. The Hall–Kier alpha value is -2.96. The molecule has 0 fully saturated rings. The number of rotatable bonds is 6. The largest absolute Gasteiger partial charge is 0.294 e. The minimum atomic E-state index is -0.0591. The fourth-order valence-electron chi connectivity index (χ4n) is 1.74. The fourth-order valence-corrected chi connectivity index (χ4v) is 1.74. The van der Waals surface area contributed by atoms with Gasteiger partial charge in [0.1, 0.15) is 5.69 Å². The zero-order chi connectivity index (χ0) is 15.1. The molecule has 0 amide bonds. The molecule has 21 heavy (non-hydrogen) atoms. The van der Waals surface area contributed by atoms with E-state index in [1.54, 1.807) is 24.3 Å². The molecule has 0 atom stereocenters. The Morgan fingerprint density at radius 3 is 2.62 bits per heavy atom. The van der Waals surface area contributed by atoms with Crippen LogP contribution >= 0.6 is 0 Å². The first-order valence-corrected chi connectivity index (χ1v) is 6.30. The summed E-state index contributed by atoms with van der Waals surface area (Å²) in [6, 6.07) is 8.89. The summed E-state index contributed by atoms with van der Waals surface area (Å²) < 4.78 is 0. The van der Waals surface area contributed by atoms with Gasteiger partial charge < -0.3 is 0 Å². The number of nitrogens with zero attached hydrogens (tertiary/aromatic N) is 4. The average Bonchev–Trinajstić information content (AvgIpc) is 2.56. The lowest BCUT2D eigenvalue weighted by Gasteiger charge is -2.16. The van der Waals surface area contributed by atoms with Gasteiger partial charge in [0.2, 0.25) is 0 Å². The van der Waals surface area contributed by atoms with Gasteiger partial charge in [0, 0.05) is 24.4 Å². The number of aromatic nitrogens is 2. The van der Waals surface area contributed by atoms with E-state index in [0.717, 1.165) is 5.01 Å². The summed E-state index contributed by atoms with van der Waals surface area (Å²) in [6.45, 7) is 0.145. The number of nitrogens with one attached hydrogen (secondary N) is 2. The molecule has 2 aromatic rings. The van der Waals surface area contributed by atoms with E-state index in [0.29, 0.717) is 11.3 Å². The van der Waals surface area contributed by atoms with Crippen LogP contribution in [-0.2, 0) is 0 Å². The van der Waals surface area contributed by atoms with Crippen LogP contribution in [0, 0.1) is 10.9 Å². The predicted octanol–water partition coefficient (Wildman–Crippen LogP) is 2.32. The van der Waals surface area contributed by atoms with E-state index in [-0.39, 0.29) is 24.6 Å². The van der Waals surface area contributed by atoms with Crippen LogP contribution in [0.5, 0.6) is 0 Å². The predicted molar refractivity (Wildman–Crippen MR) is 76.1 cm³/mol. The Labute approximate surface area is 121 Å². The molecule has 0 saturated carbocycles. The number of benzene rings is 1. The summed E-state index contributed by atoms with van der Waals surface area (Å²) in [5.41, 5.74) is 8.05. The van der Waals surface area contributed by atoms with E-state index in [1.165, 1.54) is 18.6 Å². The second-order valence-corrected chi connectivity index (χ2v) is 4.20. The summed E-state index contributed by atoms with van der Waals surface area (Å²) >= 11 is 0. The smallest absolute Gasteiger partial charge is 0.170 e. The van der Waals surface area contributed by atoms with Gasteiger partial charge in [-0.3, -0.25) is 15.2 Å². The number of amidine groups is 1. The number of ketones is 1. The van der Waals surface area contributed by atoms with Crippen LogP contribution < -0.4 is 0 Å². The Balaban J connectivity index is 1.99. The van der Waals surface area contributed by atoms with E-state index in [9.17, 15) is 4.79 Å². The third-order valence-corrected chi connectivity index (χ3v) is 2.83. The first-order valence-electron chi connectivity index (χ1n) is 6.30. The molecule has 0 aliphatic rings. The van der Waals surface area contributed by atoms with Crippen molar-refractivity contribution in [1.29, 1.82) is 10.9 Å². The first-order chi connectivity index (χ1) is 10.2. The van der Waals surface area contributed by atoms with Crippen LogP contribution in [0.4, 0.5) is 0 Å². The SMILES string of the molecule is N=NN(CCC(=O)c1ccccc1)C(=N)c1cnccn1. The molecule has 106 valence electrons. The highest BCUT2D eigenvalue weighted by Gasteiger charge is 2.15. The molecule has 0 unspecified atom stereocenters. The highest BCUT2D eigenvalue weighted by Crippen LogP contribution is 2.06. The molecule has 1 heterocycles. The van der Waals surface area contributed by atoms with Crippen molar-refractivity contribution in [2.24, 2.45) is 5.22 Å². The van der Waals surface area contributed by atoms with Gasteiger partial charge >= 0.3 is 0 Å². The van der Waals surface area contributed by atoms with Crippen molar-refractivity contribution in [3.8, 4) is 0 Å². The molecular weight excluding hydrogens is 268 g/mol. The van der Waals surface area contributed by atoms with Gasteiger partial charge in [-0.25, -0.2) is 9.99 Å². The van der Waals surface area contributed by atoms with Crippen molar-refractivity contribution in [2.75, 3.05) is 6.54 Å². The Kier molecular flexibility index (Phi) is 4.81. The van der Waals surface area contributed by atoms with Gasteiger partial charge in [-0.05, 0) is 0 Å². The zero-order valence-corrected chi connectivity index (χ0v) is 11.2. The normalized spacial score (nSPS) is 9.90. The van der Waals surface area contributed by atoms with Crippen LogP contribution in [-0.4, -0.2) is 33.1 Å². The molecule has 0 bridgehead atoms. The summed E-state index contributed by atoms with van der Waals surface area (Å²) in [5, 5.41) is 12.3. The maximum atomic E-state index is 12.0. The van der Waals surface area contributed by atoms with E-state index in [4.69, 9.17) is 10.9 Å². The van der Waals surface area contributed by atoms with Gasteiger partial charge in [-0.1, -0.05) is 35.6 Å². The van der Waals surface area contributed by atoms with Crippen molar-refractivity contribution in [1.82, 2.24) is 15.0 Å². The summed E-state index contributed by atoms with van der Waals surface area (Å²) in [6.07, 6.45) is 4.54. The molecule has 0 aliphatic carbocycles. The molecule has 1 aromatic carbocycles. The van der Waals surface area contributed by atoms with Crippen molar-refractivity contribution in [3.05, 3.63) is 60.2 Å². The molecule has 1 aromatic heterocycles. The van der Waals surface area contributed by atoms with E-state index < -0.39 is 0 Å². The average molecular weight is 282 g/mol. The minimum absolute atomic E-state index is 0.0565. The van der Waals surface area contributed by atoms with Crippen molar-refractivity contribution in [3.63, 3.8) is 0 Å². The summed E-state index contributed by atoms with van der Waals surface area (Å²) in [7, 11) is 0. The van der Waals surface area contributed by atoms with Gasteiger partial charge in [-0.15, -0.1) is 0 Å². The quantitative estimate of drug-likeness (QED) is 0.279. The Morgan fingerprint density at radius 1 is 1.24 bits per heavy atom. The standard InChI is InChI=1S/C14H14N6O/c15-14(12-10-17-7-8-18-12)20(19-16)9-6-13(21)11-4-2-1-3-5-11/h1-5,7-8,10,15-16H,6,9H2. The fraction of sp³-hybridized carbons (Fsp3) is 0.143. The lowest BCUT2D eigenvalue weighted by Crippen LogP contribution is -2.28. The van der Waals surface area contributed by atoms with Crippen molar-refractivity contribution in [2.45, 2.75) is 6.42 Å². The van der Waals surface area contributed by atoms with Crippen LogP contribution in [0.25, 0.3) is 0 Å². The molecule has 7 heteroatoms. The van der Waals surface area contributed by atoms with E-state index in [2.05, 4.69) is 15.2 Å². The third-order valence-electron chi connectivity index (χ3n) is 2.83. The monoisotopic (exact) mass is 282 g/mol. The molecule has 2 rings (SSSR count). The van der Waals surface area contributed by atoms with E-state index in [1.807, 2.05) is 6.07 Å². The van der Waals surface area contributed by atoms with Gasteiger partial charge in [-0.2, -0.15) is 5.53 Å².